The Morgan fingerprint density at radius 3 is 2.90 bits per heavy atom. The molecule has 0 radical (unpaired) electrons. The molecule has 1 saturated carbocycles. The second-order valence-corrected chi connectivity index (χ2v) is 6.06. The molecule has 1 fully saturated rings. The Kier molecular flexibility index (Phi) is 5.01. The Labute approximate surface area is 127 Å². The summed E-state index contributed by atoms with van der Waals surface area (Å²) in [5.41, 5.74) is 3.75. The monoisotopic (exact) mass is 287 g/mol. The third-order valence-corrected chi connectivity index (χ3v) is 4.12. The van der Waals surface area contributed by atoms with E-state index in [1.54, 1.807) is 7.11 Å². The van der Waals surface area contributed by atoms with E-state index in [1.807, 2.05) is 0 Å². The number of nitrogens with zero attached hydrogens (tertiary/aromatic N) is 2. The van der Waals surface area contributed by atoms with Crippen molar-refractivity contribution >= 4 is 0 Å². The molecule has 2 aliphatic rings. The van der Waals surface area contributed by atoms with Gasteiger partial charge in [0.05, 0.1) is 18.0 Å². The first-order valence-corrected chi connectivity index (χ1v) is 7.91. The van der Waals surface area contributed by atoms with Crippen molar-refractivity contribution in [2.24, 2.45) is 0 Å². The number of methoxy groups -OCH3 is 1. The summed E-state index contributed by atoms with van der Waals surface area (Å²) in [7, 11) is 1.76. The van der Waals surface area contributed by atoms with Gasteiger partial charge in [-0.15, -0.1) is 0 Å². The van der Waals surface area contributed by atoms with Crippen LogP contribution < -0.4 is 5.32 Å². The van der Waals surface area contributed by atoms with Crippen molar-refractivity contribution in [1.82, 2.24) is 15.2 Å². The van der Waals surface area contributed by atoms with Crippen LogP contribution in [0.5, 0.6) is 0 Å². The molecule has 0 atom stereocenters. The molecule has 1 aromatic rings. The Bertz CT molecular complexity index is 497. The SMILES string of the molecule is COCC1=CCN(Cc2cccc(CNC3CC3)n2)CC1. The molecule has 0 bridgehead atoms. The fourth-order valence-electron chi connectivity index (χ4n) is 2.69. The molecule has 0 amide bonds. The number of rotatable bonds is 7. The third kappa shape index (κ3) is 4.63. The molecule has 2 heterocycles. The van der Waals surface area contributed by atoms with E-state index in [9.17, 15) is 0 Å². The summed E-state index contributed by atoms with van der Waals surface area (Å²) < 4.78 is 5.20. The van der Waals surface area contributed by atoms with E-state index >= 15 is 0 Å². The first-order chi connectivity index (χ1) is 10.3. The predicted molar refractivity (Wildman–Crippen MR) is 84.0 cm³/mol. The van der Waals surface area contributed by atoms with Crippen molar-refractivity contribution in [2.45, 2.75) is 38.4 Å². The van der Waals surface area contributed by atoms with Gasteiger partial charge in [0, 0.05) is 39.3 Å². The van der Waals surface area contributed by atoms with Crippen LogP contribution >= 0.6 is 0 Å². The van der Waals surface area contributed by atoms with Crippen LogP contribution in [0.25, 0.3) is 0 Å². The summed E-state index contributed by atoms with van der Waals surface area (Å²) in [6, 6.07) is 7.12. The summed E-state index contributed by atoms with van der Waals surface area (Å²) in [5, 5.41) is 3.52. The van der Waals surface area contributed by atoms with Gasteiger partial charge < -0.3 is 10.1 Å². The molecular formula is C17H25N3O. The van der Waals surface area contributed by atoms with Crippen LogP contribution in [0.2, 0.25) is 0 Å². The molecule has 4 heteroatoms. The maximum absolute atomic E-state index is 5.20. The second-order valence-electron chi connectivity index (χ2n) is 6.06. The van der Waals surface area contributed by atoms with E-state index in [0.29, 0.717) is 0 Å². The zero-order valence-electron chi connectivity index (χ0n) is 12.8. The highest BCUT2D eigenvalue weighted by atomic mass is 16.5. The minimum atomic E-state index is 0.738. The zero-order valence-corrected chi connectivity index (χ0v) is 12.8. The summed E-state index contributed by atoms with van der Waals surface area (Å²) in [5.74, 6) is 0. The van der Waals surface area contributed by atoms with Gasteiger partial charge in [-0.1, -0.05) is 12.1 Å². The summed E-state index contributed by atoms with van der Waals surface area (Å²) in [6.07, 6.45) is 6.05. The van der Waals surface area contributed by atoms with Crippen LogP contribution in [0.3, 0.4) is 0 Å². The van der Waals surface area contributed by atoms with E-state index in [0.717, 1.165) is 50.9 Å². The predicted octanol–water partition coefficient (Wildman–Crippen LogP) is 2.11. The van der Waals surface area contributed by atoms with Crippen molar-refractivity contribution < 1.29 is 4.74 Å². The lowest BCUT2D eigenvalue weighted by Gasteiger charge is -2.25. The lowest BCUT2D eigenvalue weighted by Crippen LogP contribution is -2.29. The minimum absolute atomic E-state index is 0.738. The molecule has 0 saturated heterocycles. The normalized spacial score (nSPS) is 19.6. The van der Waals surface area contributed by atoms with E-state index in [-0.39, 0.29) is 0 Å². The van der Waals surface area contributed by atoms with Crippen molar-refractivity contribution in [1.29, 1.82) is 0 Å². The fraction of sp³-hybridized carbons (Fsp3) is 0.588. The molecule has 1 aliphatic heterocycles. The number of nitrogens with one attached hydrogen (secondary N) is 1. The van der Waals surface area contributed by atoms with Crippen LogP contribution in [-0.2, 0) is 17.8 Å². The summed E-state index contributed by atoms with van der Waals surface area (Å²) in [4.78, 5) is 7.22. The average molecular weight is 287 g/mol. The van der Waals surface area contributed by atoms with Crippen LogP contribution in [-0.4, -0.2) is 42.7 Å². The van der Waals surface area contributed by atoms with Crippen molar-refractivity contribution in [3.05, 3.63) is 41.2 Å². The third-order valence-electron chi connectivity index (χ3n) is 4.12. The van der Waals surface area contributed by atoms with Gasteiger partial charge >= 0.3 is 0 Å². The van der Waals surface area contributed by atoms with E-state index in [1.165, 1.54) is 24.1 Å². The maximum atomic E-state index is 5.20. The van der Waals surface area contributed by atoms with Crippen LogP contribution in [0.15, 0.2) is 29.8 Å². The molecule has 21 heavy (non-hydrogen) atoms. The van der Waals surface area contributed by atoms with Crippen molar-refractivity contribution in [3.63, 3.8) is 0 Å². The Balaban J connectivity index is 1.51. The number of aromatic nitrogens is 1. The lowest BCUT2D eigenvalue weighted by atomic mass is 10.1. The number of hydrogen-bond acceptors (Lipinski definition) is 4. The molecule has 0 aromatic carbocycles. The maximum Gasteiger partial charge on any atom is 0.0673 e. The van der Waals surface area contributed by atoms with Crippen LogP contribution in [0.1, 0.15) is 30.7 Å². The molecule has 1 N–H and O–H groups in total. The fourth-order valence-corrected chi connectivity index (χ4v) is 2.69. The molecule has 1 aliphatic carbocycles. The topological polar surface area (TPSA) is 37.4 Å². The molecule has 3 rings (SSSR count). The molecule has 114 valence electrons. The van der Waals surface area contributed by atoms with Crippen LogP contribution in [0.4, 0.5) is 0 Å². The lowest BCUT2D eigenvalue weighted by molar-refractivity contribution is 0.210. The van der Waals surface area contributed by atoms with Gasteiger partial charge in [-0.2, -0.15) is 0 Å². The van der Waals surface area contributed by atoms with Crippen LogP contribution in [0, 0.1) is 0 Å². The van der Waals surface area contributed by atoms with Gasteiger partial charge in [-0.3, -0.25) is 9.88 Å². The van der Waals surface area contributed by atoms with Crippen molar-refractivity contribution in [3.8, 4) is 0 Å². The average Bonchev–Trinajstić information content (AvgIpc) is 3.32. The number of pyridine rings is 1. The first-order valence-electron chi connectivity index (χ1n) is 7.91. The molecule has 4 nitrogen and oxygen atoms in total. The second kappa shape index (κ2) is 7.16. The molecule has 0 unspecified atom stereocenters. The number of hydrogen-bond donors (Lipinski definition) is 1. The van der Waals surface area contributed by atoms with E-state index < -0.39 is 0 Å². The molecule has 1 aromatic heterocycles. The Morgan fingerprint density at radius 1 is 1.33 bits per heavy atom. The van der Waals surface area contributed by atoms with Gasteiger partial charge in [-0.25, -0.2) is 0 Å². The van der Waals surface area contributed by atoms with Gasteiger partial charge in [0.25, 0.3) is 0 Å². The summed E-state index contributed by atoms with van der Waals surface area (Å²) >= 11 is 0. The smallest absolute Gasteiger partial charge is 0.0673 e. The van der Waals surface area contributed by atoms with E-state index in [2.05, 4.69) is 34.5 Å². The highest BCUT2D eigenvalue weighted by Gasteiger charge is 2.20. The van der Waals surface area contributed by atoms with E-state index in [4.69, 9.17) is 9.72 Å². The number of ether oxygens (including phenoxy) is 1. The zero-order chi connectivity index (χ0) is 14.5. The largest absolute Gasteiger partial charge is 0.380 e. The highest BCUT2D eigenvalue weighted by Crippen LogP contribution is 2.19. The van der Waals surface area contributed by atoms with Gasteiger partial charge in [0.15, 0.2) is 0 Å². The summed E-state index contributed by atoms with van der Waals surface area (Å²) in [6.45, 7) is 4.71. The minimum Gasteiger partial charge on any atom is -0.380 e. The molecular weight excluding hydrogens is 262 g/mol. The van der Waals surface area contributed by atoms with Crippen molar-refractivity contribution in [2.75, 3.05) is 26.8 Å². The Hall–Kier alpha value is -1.23. The standard InChI is InChI=1S/C17H25N3O/c1-21-13-14-7-9-20(10-8-14)12-17-4-2-3-16(19-17)11-18-15-5-6-15/h2-4,7,15,18H,5-6,8-13H2,1H3. The quantitative estimate of drug-likeness (QED) is 0.780. The van der Waals surface area contributed by atoms with Gasteiger partial charge in [0.1, 0.15) is 0 Å². The van der Waals surface area contributed by atoms with Gasteiger partial charge in [-0.05, 0) is 37.0 Å². The first kappa shape index (κ1) is 14.7. The Morgan fingerprint density at radius 2 is 2.19 bits per heavy atom. The molecule has 0 spiro atoms. The van der Waals surface area contributed by atoms with Gasteiger partial charge in [0.2, 0.25) is 0 Å². The highest BCUT2D eigenvalue weighted by molar-refractivity contribution is 5.13.